The maximum Gasteiger partial charge on any atom is 0.234 e. The number of nitrogens with one attached hydrogen (secondary N) is 1. The van der Waals surface area contributed by atoms with E-state index in [0.717, 1.165) is 24.2 Å². The zero-order chi connectivity index (χ0) is 16.2. The molecular weight excluding hydrogens is 292 g/mol. The minimum absolute atomic E-state index is 0.0643. The molecule has 0 spiro atoms. The lowest BCUT2D eigenvalue weighted by molar-refractivity contribution is -0.123. The summed E-state index contributed by atoms with van der Waals surface area (Å²) < 4.78 is 5.29. The van der Waals surface area contributed by atoms with Gasteiger partial charge in [0, 0.05) is 18.6 Å². The fraction of sp³-hybridized carbons (Fsp3) is 0.611. The number of hydrogen-bond donors (Lipinski definition) is 2. The zero-order valence-electron chi connectivity index (χ0n) is 13.7. The number of rotatable bonds is 5. The number of aliphatic hydroxyl groups excluding tert-OH is 1. The summed E-state index contributed by atoms with van der Waals surface area (Å²) in [4.78, 5) is 14.4. The summed E-state index contributed by atoms with van der Waals surface area (Å²) in [5.74, 6) is 0.873. The minimum atomic E-state index is -0.384. The molecule has 0 unspecified atom stereocenters. The molecular formula is C18H26N2O3. The smallest absolute Gasteiger partial charge is 0.234 e. The van der Waals surface area contributed by atoms with Crippen molar-refractivity contribution in [2.24, 2.45) is 0 Å². The second-order valence-corrected chi connectivity index (χ2v) is 6.66. The Hall–Kier alpha value is -1.59. The number of hydrogen-bond acceptors (Lipinski definition) is 4. The van der Waals surface area contributed by atoms with Crippen LogP contribution in [0.15, 0.2) is 24.3 Å². The Morgan fingerprint density at radius 1 is 1.39 bits per heavy atom. The molecule has 126 valence electrons. The quantitative estimate of drug-likeness (QED) is 0.870. The van der Waals surface area contributed by atoms with E-state index in [-0.39, 0.29) is 18.1 Å². The van der Waals surface area contributed by atoms with Crippen LogP contribution in [0.25, 0.3) is 0 Å². The lowest BCUT2D eigenvalue weighted by Gasteiger charge is -2.25. The third-order valence-corrected chi connectivity index (χ3v) is 4.93. The molecule has 1 aromatic carbocycles. The van der Waals surface area contributed by atoms with Gasteiger partial charge in [0.15, 0.2) is 0 Å². The van der Waals surface area contributed by atoms with Crippen LogP contribution in [0.4, 0.5) is 0 Å². The van der Waals surface area contributed by atoms with E-state index in [9.17, 15) is 9.90 Å². The number of benzene rings is 1. The van der Waals surface area contributed by atoms with Gasteiger partial charge in [0.2, 0.25) is 5.91 Å². The molecule has 0 radical (unpaired) electrons. The average molecular weight is 318 g/mol. The SMILES string of the molecule is COc1cccc([C@H]2C[C@@H](O)CN2CC(=O)NC2CCCC2)c1. The van der Waals surface area contributed by atoms with Crippen molar-refractivity contribution in [1.82, 2.24) is 10.2 Å². The van der Waals surface area contributed by atoms with Crippen LogP contribution in [0.3, 0.4) is 0 Å². The van der Waals surface area contributed by atoms with Gasteiger partial charge in [0.1, 0.15) is 5.75 Å². The first kappa shape index (κ1) is 16.3. The molecule has 23 heavy (non-hydrogen) atoms. The van der Waals surface area contributed by atoms with Crippen molar-refractivity contribution in [2.75, 3.05) is 20.2 Å². The van der Waals surface area contributed by atoms with Crippen LogP contribution in [-0.2, 0) is 4.79 Å². The molecule has 1 amide bonds. The number of carbonyl (C=O) groups is 1. The lowest BCUT2D eigenvalue weighted by atomic mass is 10.0. The predicted molar refractivity (Wildman–Crippen MR) is 88.3 cm³/mol. The van der Waals surface area contributed by atoms with E-state index in [1.54, 1.807) is 7.11 Å². The largest absolute Gasteiger partial charge is 0.497 e. The lowest BCUT2D eigenvalue weighted by Crippen LogP contribution is -2.41. The third-order valence-electron chi connectivity index (χ3n) is 4.93. The van der Waals surface area contributed by atoms with Gasteiger partial charge < -0.3 is 15.2 Å². The van der Waals surface area contributed by atoms with E-state index in [1.165, 1.54) is 12.8 Å². The second kappa shape index (κ2) is 7.32. The van der Waals surface area contributed by atoms with Crippen LogP contribution >= 0.6 is 0 Å². The van der Waals surface area contributed by atoms with E-state index in [2.05, 4.69) is 10.2 Å². The summed E-state index contributed by atoms with van der Waals surface area (Å²) in [5, 5.41) is 13.2. The van der Waals surface area contributed by atoms with Crippen LogP contribution in [0.5, 0.6) is 5.75 Å². The van der Waals surface area contributed by atoms with Crippen LogP contribution in [-0.4, -0.2) is 48.3 Å². The van der Waals surface area contributed by atoms with Gasteiger partial charge in [-0.3, -0.25) is 9.69 Å². The average Bonchev–Trinajstić information content (AvgIpc) is 3.17. The highest BCUT2D eigenvalue weighted by molar-refractivity contribution is 5.78. The monoisotopic (exact) mass is 318 g/mol. The summed E-state index contributed by atoms with van der Waals surface area (Å²) in [5.41, 5.74) is 1.09. The van der Waals surface area contributed by atoms with Crippen molar-refractivity contribution in [3.05, 3.63) is 29.8 Å². The maximum atomic E-state index is 12.3. The van der Waals surface area contributed by atoms with Crippen molar-refractivity contribution in [3.63, 3.8) is 0 Å². The Balaban J connectivity index is 1.65. The van der Waals surface area contributed by atoms with Gasteiger partial charge in [0.05, 0.1) is 19.8 Å². The Labute approximate surface area is 137 Å². The molecule has 0 bridgehead atoms. The topological polar surface area (TPSA) is 61.8 Å². The highest BCUT2D eigenvalue weighted by Gasteiger charge is 2.33. The van der Waals surface area contributed by atoms with Gasteiger partial charge in [-0.1, -0.05) is 25.0 Å². The first-order chi connectivity index (χ1) is 11.2. The van der Waals surface area contributed by atoms with Crippen molar-refractivity contribution in [3.8, 4) is 5.75 Å². The molecule has 5 heteroatoms. The third kappa shape index (κ3) is 4.03. The number of methoxy groups -OCH3 is 1. The first-order valence-corrected chi connectivity index (χ1v) is 8.51. The van der Waals surface area contributed by atoms with E-state index in [1.807, 2.05) is 24.3 Å². The normalized spacial score (nSPS) is 25.7. The molecule has 2 aliphatic rings. The van der Waals surface area contributed by atoms with E-state index in [0.29, 0.717) is 25.6 Å². The van der Waals surface area contributed by atoms with Gasteiger partial charge in [-0.05, 0) is 37.0 Å². The molecule has 1 saturated carbocycles. The molecule has 2 fully saturated rings. The second-order valence-electron chi connectivity index (χ2n) is 6.66. The molecule has 1 aliphatic heterocycles. The van der Waals surface area contributed by atoms with Crippen LogP contribution in [0.1, 0.15) is 43.7 Å². The van der Waals surface area contributed by atoms with Gasteiger partial charge in [-0.15, -0.1) is 0 Å². The van der Waals surface area contributed by atoms with Crippen molar-refractivity contribution < 1.29 is 14.6 Å². The molecule has 2 N–H and O–H groups in total. The van der Waals surface area contributed by atoms with Crippen LogP contribution in [0, 0.1) is 0 Å². The Bertz CT molecular complexity index is 543. The van der Waals surface area contributed by atoms with E-state index in [4.69, 9.17) is 4.74 Å². The number of β-amino-alcohol motifs (C(OH)–C–C–N with tert-alkyl or cyclic N) is 1. The van der Waals surface area contributed by atoms with Crippen molar-refractivity contribution >= 4 is 5.91 Å². The van der Waals surface area contributed by atoms with Gasteiger partial charge >= 0.3 is 0 Å². The summed E-state index contributed by atoms with van der Waals surface area (Å²) in [6.07, 6.45) is 4.87. The molecule has 2 atom stereocenters. The molecule has 1 heterocycles. The summed E-state index contributed by atoms with van der Waals surface area (Å²) >= 11 is 0. The zero-order valence-corrected chi connectivity index (χ0v) is 13.7. The van der Waals surface area contributed by atoms with Crippen LogP contribution < -0.4 is 10.1 Å². The number of amides is 1. The number of aliphatic hydroxyl groups is 1. The first-order valence-electron chi connectivity index (χ1n) is 8.51. The van der Waals surface area contributed by atoms with Crippen LogP contribution in [0.2, 0.25) is 0 Å². The maximum absolute atomic E-state index is 12.3. The van der Waals surface area contributed by atoms with Gasteiger partial charge in [-0.25, -0.2) is 0 Å². The highest BCUT2D eigenvalue weighted by Crippen LogP contribution is 2.33. The summed E-state index contributed by atoms with van der Waals surface area (Å²) in [7, 11) is 1.65. The molecule has 1 aromatic rings. The number of nitrogens with zero attached hydrogens (tertiary/aromatic N) is 1. The summed E-state index contributed by atoms with van der Waals surface area (Å²) in [6.45, 7) is 0.884. The molecule has 3 rings (SSSR count). The standard InChI is InChI=1S/C18H26N2O3/c1-23-16-8-4-5-13(9-16)17-10-15(21)11-20(17)12-18(22)19-14-6-2-3-7-14/h4-5,8-9,14-15,17,21H,2-3,6-7,10-12H2,1H3,(H,19,22)/t15-,17-/m1/s1. The van der Waals surface area contributed by atoms with Gasteiger partial charge in [-0.2, -0.15) is 0 Å². The number of ether oxygens (including phenoxy) is 1. The fourth-order valence-electron chi connectivity index (χ4n) is 3.78. The highest BCUT2D eigenvalue weighted by atomic mass is 16.5. The Morgan fingerprint density at radius 3 is 2.91 bits per heavy atom. The van der Waals surface area contributed by atoms with E-state index < -0.39 is 0 Å². The predicted octanol–water partition coefficient (Wildman–Crippen LogP) is 1.86. The fourth-order valence-corrected chi connectivity index (χ4v) is 3.78. The Morgan fingerprint density at radius 2 is 2.17 bits per heavy atom. The van der Waals surface area contributed by atoms with Crippen molar-refractivity contribution in [1.29, 1.82) is 0 Å². The van der Waals surface area contributed by atoms with E-state index >= 15 is 0 Å². The number of likely N-dealkylation sites (tertiary alicyclic amines) is 1. The minimum Gasteiger partial charge on any atom is -0.497 e. The molecule has 5 nitrogen and oxygen atoms in total. The molecule has 1 saturated heterocycles. The molecule has 0 aromatic heterocycles. The Kier molecular flexibility index (Phi) is 5.18. The van der Waals surface area contributed by atoms with Gasteiger partial charge in [0.25, 0.3) is 0 Å². The summed E-state index contributed by atoms with van der Waals surface area (Å²) in [6, 6.07) is 8.29. The molecule has 1 aliphatic carbocycles. The van der Waals surface area contributed by atoms with Crippen molar-refractivity contribution in [2.45, 2.75) is 50.3 Å². The number of carbonyl (C=O) groups excluding carboxylic acids is 1.